The summed E-state index contributed by atoms with van der Waals surface area (Å²) in [5, 5.41) is 13.5. The fourth-order valence-electron chi connectivity index (χ4n) is 4.57. The van der Waals surface area contributed by atoms with Gasteiger partial charge in [0.05, 0.1) is 11.3 Å². The molecule has 7 N–H and O–H groups in total. The van der Waals surface area contributed by atoms with E-state index in [-0.39, 0.29) is 11.9 Å². The van der Waals surface area contributed by atoms with E-state index in [0.29, 0.717) is 42.2 Å². The Balaban J connectivity index is 1.60. The predicted octanol–water partition coefficient (Wildman–Crippen LogP) is 2.35. The summed E-state index contributed by atoms with van der Waals surface area (Å²) >= 11 is 0. The first-order chi connectivity index (χ1) is 17.4. The number of hydrogen-bond donors (Lipinski definition) is 5. The molecule has 1 fully saturated rings. The van der Waals surface area contributed by atoms with Crippen molar-refractivity contribution >= 4 is 29.0 Å². The zero-order valence-electron chi connectivity index (χ0n) is 22.0. The maximum absolute atomic E-state index is 11.9. The van der Waals surface area contributed by atoms with E-state index < -0.39 is 17.2 Å². The van der Waals surface area contributed by atoms with E-state index in [9.17, 15) is 4.79 Å². The van der Waals surface area contributed by atoms with Crippen LogP contribution in [0.1, 0.15) is 39.2 Å². The Labute approximate surface area is 216 Å². The molecule has 1 unspecified atom stereocenters. The normalized spacial score (nSPS) is 19.4. The number of anilines is 1. The van der Waals surface area contributed by atoms with E-state index in [1.807, 2.05) is 63.0 Å². The van der Waals surface area contributed by atoms with E-state index in [4.69, 9.17) is 30.8 Å². The quantitative estimate of drug-likeness (QED) is 0.201. The number of carbonyl (C=O) groups is 1. The fourth-order valence-corrected chi connectivity index (χ4v) is 4.57. The summed E-state index contributed by atoms with van der Waals surface area (Å²) in [5.74, 6) is 0.525. The van der Waals surface area contributed by atoms with Crippen molar-refractivity contribution in [2.45, 2.75) is 44.8 Å². The van der Waals surface area contributed by atoms with E-state index in [0.717, 1.165) is 24.1 Å². The van der Waals surface area contributed by atoms with Gasteiger partial charge in [-0.1, -0.05) is 6.07 Å². The number of amidine groups is 1. The van der Waals surface area contributed by atoms with E-state index in [2.05, 4.69) is 15.7 Å². The third-order valence-electron chi connectivity index (χ3n) is 6.06. The van der Waals surface area contributed by atoms with E-state index in [1.54, 1.807) is 6.07 Å². The van der Waals surface area contributed by atoms with Crippen LogP contribution in [0, 0.1) is 5.41 Å². The van der Waals surface area contributed by atoms with Gasteiger partial charge >= 0.3 is 6.09 Å². The highest BCUT2D eigenvalue weighted by Gasteiger charge is 2.53. The third-order valence-corrected chi connectivity index (χ3v) is 6.06. The number of nitrogen functional groups attached to an aromatic ring is 1. The summed E-state index contributed by atoms with van der Waals surface area (Å²) in [4.78, 5) is 18.1. The maximum Gasteiger partial charge on any atom is 0.407 e. The molecule has 12 heteroatoms. The minimum atomic E-state index is -1.19. The smallest absolute Gasteiger partial charge is 0.407 e. The Morgan fingerprint density at radius 2 is 2.11 bits per heavy atom. The summed E-state index contributed by atoms with van der Waals surface area (Å²) < 4.78 is 16.8. The number of hydrogen-bond acceptors (Lipinski definition) is 10. The second-order valence-electron chi connectivity index (χ2n) is 10.3. The number of amides is 1. The summed E-state index contributed by atoms with van der Waals surface area (Å²) in [6, 6.07) is 5.51. The minimum absolute atomic E-state index is 0.0693. The summed E-state index contributed by atoms with van der Waals surface area (Å²) in [7, 11) is 3.78. The van der Waals surface area contributed by atoms with Crippen molar-refractivity contribution in [1.82, 2.24) is 25.6 Å². The lowest BCUT2D eigenvalue weighted by atomic mass is 9.81. The highest BCUT2D eigenvalue weighted by atomic mass is 16.6. The van der Waals surface area contributed by atoms with Crippen LogP contribution in [0.25, 0.3) is 11.1 Å². The van der Waals surface area contributed by atoms with Crippen LogP contribution < -0.4 is 22.2 Å². The van der Waals surface area contributed by atoms with Gasteiger partial charge in [-0.15, -0.1) is 0 Å². The molecule has 0 radical (unpaired) electrons. The molecule has 1 aromatic carbocycles. The number of nitrogens with zero attached hydrogens (tertiary/aromatic N) is 3. The van der Waals surface area contributed by atoms with Crippen molar-refractivity contribution in [2.75, 3.05) is 39.5 Å². The maximum atomic E-state index is 11.9. The molecule has 0 spiro atoms. The van der Waals surface area contributed by atoms with Gasteiger partial charge in [0.25, 0.3) is 6.01 Å². The number of unbranched alkanes of at least 4 members (excludes halogenated alkanes) is 1. The Morgan fingerprint density at radius 3 is 2.78 bits per heavy atom. The number of ether oxygens (including phenoxy) is 2. The standard InChI is InChI=1S/C25H36N8O4/c1-24(2,3)37-23(34)29-11-6-7-12-33-17-10-13-35-20(32(4)5)19(17)25(31-33,21(26)27)15-8-9-18-16(14-15)30-22(28)36-18/h8-10,14,31H,6-7,11-13H2,1-5H3,(H3,26,27)(H2,28,30)(H,29,34). The Hall–Kier alpha value is -3.93. The van der Waals surface area contributed by atoms with Gasteiger partial charge in [0.15, 0.2) is 17.0 Å². The van der Waals surface area contributed by atoms with E-state index in [1.165, 1.54) is 0 Å². The average Bonchev–Trinajstić information content (AvgIpc) is 3.34. The second-order valence-corrected chi connectivity index (χ2v) is 10.3. The van der Waals surface area contributed by atoms with Gasteiger partial charge in [-0.25, -0.2) is 10.2 Å². The molecular weight excluding hydrogens is 476 g/mol. The summed E-state index contributed by atoms with van der Waals surface area (Å²) in [6.07, 6.45) is 3.04. The van der Waals surface area contributed by atoms with Gasteiger partial charge < -0.3 is 40.6 Å². The molecular formula is C25H36N8O4. The molecule has 0 bridgehead atoms. The number of rotatable bonds is 8. The zero-order chi connectivity index (χ0) is 27.0. The van der Waals surface area contributed by atoms with Crippen LogP contribution >= 0.6 is 0 Å². The molecule has 0 saturated carbocycles. The number of nitrogens with one attached hydrogen (secondary N) is 3. The minimum Gasteiger partial charge on any atom is -0.474 e. The van der Waals surface area contributed by atoms with Crippen LogP contribution in [-0.2, 0) is 15.0 Å². The van der Waals surface area contributed by atoms with Crippen molar-refractivity contribution in [2.24, 2.45) is 5.73 Å². The second kappa shape index (κ2) is 9.85. The van der Waals surface area contributed by atoms with Crippen LogP contribution in [0.4, 0.5) is 10.8 Å². The predicted molar refractivity (Wildman–Crippen MR) is 140 cm³/mol. The number of oxazole rings is 1. The van der Waals surface area contributed by atoms with Crippen LogP contribution in [0.5, 0.6) is 0 Å². The lowest BCUT2D eigenvalue weighted by Gasteiger charge is -2.33. The molecule has 2 aromatic rings. The van der Waals surface area contributed by atoms with Crippen LogP contribution in [0.3, 0.4) is 0 Å². The van der Waals surface area contributed by atoms with Crippen LogP contribution in [0.2, 0.25) is 0 Å². The molecule has 12 nitrogen and oxygen atoms in total. The van der Waals surface area contributed by atoms with Crippen molar-refractivity contribution in [3.63, 3.8) is 0 Å². The first kappa shape index (κ1) is 26.1. The first-order valence-electron chi connectivity index (χ1n) is 12.2. The molecule has 3 heterocycles. The largest absolute Gasteiger partial charge is 0.474 e. The number of nitrogens with two attached hydrogens (primary N) is 2. The Morgan fingerprint density at radius 1 is 1.35 bits per heavy atom. The number of aromatic nitrogens is 1. The van der Waals surface area contributed by atoms with Gasteiger partial charge in [0.1, 0.15) is 23.6 Å². The van der Waals surface area contributed by atoms with Crippen molar-refractivity contribution < 1.29 is 18.7 Å². The number of fused-ring (bicyclic) bond motifs is 2. The molecule has 2 aliphatic heterocycles. The molecule has 1 amide bonds. The van der Waals surface area contributed by atoms with Crippen molar-refractivity contribution in [3.05, 3.63) is 47.0 Å². The highest BCUT2D eigenvalue weighted by molar-refractivity contribution is 5.95. The van der Waals surface area contributed by atoms with Gasteiger partial charge in [-0.3, -0.25) is 5.41 Å². The Bertz CT molecular complexity index is 1260. The molecule has 37 heavy (non-hydrogen) atoms. The molecule has 1 atom stereocenters. The van der Waals surface area contributed by atoms with Crippen LogP contribution in [0.15, 0.2) is 45.8 Å². The van der Waals surface area contributed by atoms with Gasteiger partial charge in [0.2, 0.25) is 0 Å². The molecule has 200 valence electrons. The molecule has 1 aromatic heterocycles. The molecule has 0 aliphatic carbocycles. The number of hydrazine groups is 1. The fraction of sp³-hybridized carbons (Fsp3) is 0.480. The van der Waals surface area contributed by atoms with Gasteiger partial charge in [-0.05, 0) is 57.4 Å². The zero-order valence-corrected chi connectivity index (χ0v) is 22.0. The lowest BCUT2D eigenvalue weighted by molar-refractivity contribution is 0.0526. The monoisotopic (exact) mass is 512 g/mol. The summed E-state index contributed by atoms with van der Waals surface area (Å²) in [5.41, 5.74) is 17.3. The Kier molecular flexibility index (Phi) is 6.96. The van der Waals surface area contributed by atoms with Gasteiger partial charge in [-0.2, -0.15) is 4.98 Å². The molecule has 1 saturated heterocycles. The van der Waals surface area contributed by atoms with Gasteiger partial charge in [0, 0.05) is 27.2 Å². The van der Waals surface area contributed by atoms with Crippen molar-refractivity contribution in [3.8, 4) is 0 Å². The van der Waals surface area contributed by atoms with Crippen LogP contribution in [-0.4, -0.2) is 66.2 Å². The molecule has 4 rings (SSSR count). The SMILES string of the molecule is CN(C)C1=C2C(=CCO1)N(CCCCNC(=O)OC(C)(C)C)NC2(C(=N)N)c1ccc2oc(N)nc2c1. The van der Waals surface area contributed by atoms with Crippen molar-refractivity contribution in [1.29, 1.82) is 5.41 Å². The number of benzene rings is 1. The lowest BCUT2D eigenvalue weighted by Crippen LogP contribution is -2.53. The topological polar surface area (TPSA) is 168 Å². The third kappa shape index (κ3) is 5.15. The highest BCUT2D eigenvalue weighted by Crippen LogP contribution is 2.45. The number of alkyl carbamates (subject to hydrolysis) is 1. The first-order valence-corrected chi connectivity index (χ1v) is 12.2. The summed E-state index contributed by atoms with van der Waals surface area (Å²) in [6.45, 7) is 6.97. The average molecular weight is 513 g/mol. The molecule has 2 aliphatic rings. The number of carbonyl (C=O) groups excluding carboxylic acids is 1. The van der Waals surface area contributed by atoms with E-state index >= 15 is 0 Å².